The summed E-state index contributed by atoms with van der Waals surface area (Å²) < 4.78 is 5.55. The summed E-state index contributed by atoms with van der Waals surface area (Å²) in [5.74, 6) is 0.542. The SMILES string of the molecule is N#Cc1ccnc(OCC[C@H]2CCCCN2)c1. The van der Waals surface area contributed by atoms with E-state index in [1.807, 2.05) is 0 Å². The largest absolute Gasteiger partial charge is 0.478 e. The standard InChI is InChI=1S/C13H17N3O/c14-10-11-4-7-16-13(9-11)17-8-5-12-3-1-2-6-15-12/h4,7,9,12,15H,1-3,5-6,8H2/t12-/m1/s1. The van der Waals surface area contributed by atoms with Crippen molar-refractivity contribution in [1.29, 1.82) is 5.26 Å². The highest BCUT2D eigenvalue weighted by Gasteiger charge is 2.12. The third-order valence-corrected chi connectivity index (χ3v) is 2.99. The van der Waals surface area contributed by atoms with Gasteiger partial charge in [-0.15, -0.1) is 0 Å². The van der Waals surface area contributed by atoms with E-state index >= 15 is 0 Å². The third kappa shape index (κ3) is 3.72. The molecule has 0 spiro atoms. The van der Waals surface area contributed by atoms with Crippen LogP contribution in [-0.4, -0.2) is 24.2 Å². The third-order valence-electron chi connectivity index (χ3n) is 2.99. The number of nitriles is 1. The summed E-state index contributed by atoms with van der Waals surface area (Å²) >= 11 is 0. The Kier molecular flexibility index (Phi) is 4.34. The maximum Gasteiger partial charge on any atom is 0.214 e. The fourth-order valence-corrected chi connectivity index (χ4v) is 2.03. The summed E-state index contributed by atoms with van der Waals surface area (Å²) in [6.45, 7) is 1.77. The molecule has 2 rings (SSSR count). The first-order chi connectivity index (χ1) is 8.38. The van der Waals surface area contributed by atoms with Gasteiger partial charge >= 0.3 is 0 Å². The Hall–Kier alpha value is -1.60. The van der Waals surface area contributed by atoms with E-state index in [0.717, 1.165) is 13.0 Å². The lowest BCUT2D eigenvalue weighted by atomic mass is 10.0. The van der Waals surface area contributed by atoms with Crippen LogP contribution in [0.4, 0.5) is 0 Å². The molecule has 0 radical (unpaired) electrons. The summed E-state index contributed by atoms with van der Waals surface area (Å²) in [6.07, 6.45) is 6.42. The molecule has 0 bridgehead atoms. The Balaban J connectivity index is 1.75. The second-order valence-electron chi connectivity index (χ2n) is 4.28. The van der Waals surface area contributed by atoms with Crippen molar-refractivity contribution in [2.45, 2.75) is 31.7 Å². The van der Waals surface area contributed by atoms with E-state index in [9.17, 15) is 0 Å². The quantitative estimate of drug-likeness (QED) is 0.859. The summed E-state index contributed by atoms with van der Waals surface area (Å²) in [7, 11) is 0. The first-order valence-electron chi connectivity index (χ1n) is 6.11. The van der Waals surface area contributed by atoms with Crippen LogP contribution in [0.1, 0.15) is 31.2 Å². The minimum Gasteiger partial charge on any atom is -0.478 e. The molecule has 1 aromatic rings. The first-order valence-corrected chi connectivity index (χ1v) is 6.11. The van der Waals surface area contributed by atoms with Crippen LogP contribution in [-0.2, 0) is 0 Å². The average Bonchev–Trinajstić information content (AvgIpc) is 2.40. The first kappa shape index (κ1) is 11.9. The number of hydrogen-bond donors (Lipinski definition) is 1. The topological polar surface area (TPSA) is 57.9 Å². The van der Waals surface area contributed by atoms with Crippen molar-refractivity contribution >= 4 is 0 Å². The molecule has 0 saturated carbocycles. The molecule has 1 saturated heterocycles. The predicted molar refractivity (Wildman–Crippen MR) is 64.7 cm³/mol. The normalized spacial score (nSPS) is 19.6. The van der Waals surface area contributed by atoms with Crippen molar-refractivity contribution < 1.29 is 4.74 Å². The van der Waals surface area contributed by atoms with Gasteiger partial charge in [-0.2, -0.15) is 5.26 Å². The summed E-state index contributed by atoms with van der Waals surface area (Å²) in [5, 5.41) is 12.2. The molecule has 1 fully saturated rings. The Morgan fingerprint density at radius 2 is 2.47 bits per heavy atom. The van der Waals surface area contributed by atoms with Crippen LogP contribution in [0.25, 0.3) is 0 Å². The Bertz CT molecular complexity index is 394. The lowest BCUT2D eigenvalue weighted by molar-refractivity contribution is 0.260. The second-order valence-corrected chi connectivity index (χ2v) is 4.28. The van der Waals surface area contributed by atoms with E-state index in [2.05, 4.69) is 16.4 Å². The number of hydrogen-bond acceptors (Lipinski definition) is 4. The van der Waals surface area contributed by atoms with Crippen molar-refractivity contribution in [1.82, 2.24) is 10.3 Å². The molecule has 0 unspecified atom stereocenters. The molecule has 1 N–H and O–H groups in total. The number of ether oxygens (including phenoxy) is 1. The summed E-state index contributed by atoms with van der Waals surface area (Å²) in [5.41, 5.74) is 0.589. The smallest absolute Gasteiger partial charge is 0.214 e. The van der Waals surface area contributed by atoms with E-state index < -0.39 is 0 Å². The molecule has 0 aromatic carbocycles. The van der Waals surface area contributed by atoms with Gasteiger partial charge in [-0.1, -0.05) is 6.42 Å². The molecular formula is C13H17N3O. The van der Waals surface area contributed by atoms with Crippen molar-refractivity contribution in [3.05, 3.63) is 23.9 Å². The van der Waals surface area contributed by atoms with E-state index in [4.69, 9.17) is 10.00 Å². The number of piperidine rings is 1. The van der Waals surface area contributed by atoms with Crippen LogP contribution in [0.3, 0.4) is 0 Å². The van der Waals surface area contributed by atoms with Crippen LogP contribution in [0.2, 0.25) is 0 Å². The number of nitrogens with one attached hydrogen (secondary N) is 1. The van der Waals surface area contributed by atoms with Crippen molar-refractivity contribution in [3.63, 3.8) is 0 Å². The summed E-state index contributed by atoms with van der Waals surface area (Å²) in [4.78, 5) is 4.08. The predicted octanol–water partition coefficient (Wildman–Crippen LogP) is 1.86. The van der Waals surface area contributed by atoms with Gasteiger partial charge in [0.05, 0.1) is 18.2 Å². The molecule has 4 nitrogen and oxygen atoms in total. The molecule has 0 amide bonds. The lowest BCUT2D eigenvalue weighted by Gasteiger charge is -2.23. The van der Waals surface area contributed by atoms with E-state index in [-0.39, 0.29) is 0 Å². The van der Waals surface area contributed by atoms with Gasteiger partial charge in [-0.3, -0.25) is 0 Å². The highest BCUT2D eigenvalue weighted by molar-refractivity contribution is 5.31. The molecule has 2 heterocycles. The van der Waals surface area contributed by atoms with Crippen LogP contribution >= 0.6 is 0 Å². The van der Waals surface area contributed by atoms with Gasteiger partial charge in [0, 0.05) is 18.3 Å². The number of aromatic nitrogens is 1. The number of pyridine rings is 1. The van der Waals surface area contributed by atoms with Gasteiger partial charge in [0.15, 0.2) is 0 Å². The molecular weight excluding hydrogens is 214 g/mol. The van der Waals surface area contributed by atoms with Gasteiger partial charge in [-0.05, 0) is 31.9 Å². The molecule has 1 atom stereocenters. The van der Waals surface area contributed by atoms with Crippen LogP contribution in [0.15, 0.2) is 18.3 Å². The lowest BCUT2D eigenvalue weighted by Crippen LogP contribution is -2.35. The fraction of sp³-hybridized carbons (Fsp3) is 0.538. The maximum absolute atomic E-state index is 8.75. The highest BCUT2D eigenvalue weighted by atomic mass is 16.5. The van der Waals surface area contributed by atoms with Crippen molar-refractivity contribution in [3.8, 4) is 11.9 Å². The van der Waals surface area contributed by atoms with Gasteiger partial charge in [0.2, 0.25) is 5.88 Å². The molecule has 1 aromatic heterocycles. The summed E-state index contributed by atoms with van der Waals surface area (Å²) in [6, 6.07) is 6.00. The van der Waals surface area contributed by atoms with Crippen LogP contribution < -0.4 is 10.1 Å². The van der Waals surface area contributed by atoms with Crippen molar-refractivity contribution in [2.24, 2.45) is 0 Å². The molecule has 1 aliphatic rings. The molecule has 90 valence electrons. The molecule has 4 heteroatoms. The van der Waals surface area contributed by atoms with Crippen LogP contribution in [0, 0.1) is 11.3 Å². The zero-order valence-electron chi connectivity index (χ0n) is 9.85. The second kappa shape index (κ2) is 6.21. The molecule has 17 heavy (non-hydrogen) atoms. The molecule has 0 aliphatic carbocycles. The van der Waals surface area contributed by atoms with Gasteiger partial charge in [-0.25, -0.2) is 4.98 Å². The van der Waals surface area contributed by atoms with E-state index in [1.165, 1.54) is 19.3 Å². The van der Waals surface area contributed by atoms with Crippen molar-refractivity contribution in [2.75, 3.05) is 13.2 Å². The van der Waals surface area contributed by atoms with E-state index in [1.54, 1.807) is 18.3 Å². The van der Waals surface area contributed by atoms with Crippen LogP contribution in [0.5, 0.6) is 5.88 Å². The minimum atomic E-state index is 0.542. The Morgan fingerprint density at radius 3 is 3.24 bits per heavy atom. The highest BCUT2D eigenvalue weighted by Crippen LogP contribution is 2.12. The van der Waals surface area contributed by atoms with E-state index in [0.29, 0.717) is 24.1 Å². The Labute approximate surface area is 102 Å². The van der Waals surface area contributed by atoms with Gasteiger partial charge in [0.25, 0.3) is 0 Å². The minimum absolute atomic E-state index is 0.542. The fourth-order valence-electron chi connectivity index (χ4n) is 2.03. The zero-order chi connectivity index (χ0) is 11.9. The van der Waals surface area contributed by atoms with Gasteiger partial charge in [0.1, 0.15) is 0 Å². The maximum atomic E-state index is 8.75. The number of nitrogens with zero attached hydrogens (tertiary/aromatic N) is 2. The Morgan fingerprint density at radius 1 is 1.53 bits per heavy atom. The monoisotopic (exact) mass is 231 g/mol. The zero-order valence-corrected chi connectivity index (χ0v) is 9.85. The molecule has 1 aliphatic heterocycles. The van der Waals surface area contributed by atoms with Gasteiger partial charge < -0.3 is 10.1 Å². The average molecular weight is 231 g/mol. The number of rotatable bonds is 4.